The molecule has 98 valence electrons. The Bertz CT molecular complexity index is 579. The number of rotatable bonds is 4. The van der Waals surface area contributed by atoms with Crippen molar-refractivity contribution in [3.8, 4) is 0 Å². The Hall–Kier alpha value is -1.66. The SMILES string of the molecule is CSc1ncc(C(=O)NCc2cccnc2)c(Cl)n1. The lowest BCUT2D eigenvalue weighted by atomic mass is 10.2. The van der Waals surface area contributed by atoms with Gasteiger partial charge in [0.2, 0.25) is 0 Å². The Morgan fingerprint density at radius 3 is 2.95 bits per heavy atom. The molecule has 1 N–H and O–H groups in total. The highest BCUT2D eigenvalue weighted by Crippen LogP contribution is 2.16. The summed E-state index contributed by atoms with van der Waals surface area (Å²) in [6.07, 6.45) is 6.64. The number of nitrogens with zero attached hydrogens (tertiary/aromatic N) is 3. The molecular weight excluding hydrogens is 284 g/mol. The van der Waals surface area contributed by atoms with E-state index in [1.807, 2.05) is 18.4 Å². The van der Waals surface area contributed by atoms with Crippen molar-refractivity contribution in [2.75, 3.05) is 6.26 Å². The van der Waals surface area contributed by atoms with Gasteiger partial charge in [0.15, 0.2) is 5.16 Å². The van der Waals surface area contributed by atoms with Crippen LogP contribution >= 0.6 is 23.4 Å². The van der Waals surface area contributed by atoms with Crippen LogP contribution in [0.1, 0.15) is 15.9 Å². The maximum Gasteiger partial charge on any atom is 0.256 e. The van der Waals surface area contributed by atoms with Crippen LogP contribution in [0.2, 0.25) is 5.15 Å². The van der Waals surface area contributed by atoms with Gasteiger partial charge in [-0.2, -0.15) is 0 Å². The van der Waals surface area contributed by atoms with E-state index >= 15 is 0 Å². The molecule has 0 bridgehead atoms. The lowest BCUT2D eigenvalue weighted by Crippen LogP contribution is -2.23. The summed E-state index contributed by atoms with van der Waals surface area (Å²) in [6.45, 7) is 0.382. The maximum absolute atomic E-state index is 11.9. The monoisotopic (exact) mass is 294 g/mol. The number of nitrogens with one attached hydrogen (secondary N) is 1. The molecule has 0 atom stereocenters. The lowest BCUT2D eigenvalue weighted by molar-refractivity contribution is 0.0950. The number of aromatic nitrogens is 3. The minimum Gasteiger partial charge on any atom is -0.348 e. The highest BCUT2D eigenvalue weighted by molar-refractivity contribution is 7.98. The summed E-state index contributed by atoms with van der Waals surface area (Å²) in [5.41, 5.74) is 1.18. The Balaban J connectivity index is 2.04. The zero-order chi connectivity index (χ0) is 13.7. The first-order chi connectivity index (χ1) is 9.20. The van der Waals surface area contributed by atoms with Gasteiger partial charge >= 0.3 is 0 Å². The van der Waals surface area contributed by atoms with Gasteiger partial charge in [0.25, 0.3) is 5.91 Å². The molecule has 7 heteroatoms. The number of carbonyl (C=O) groups is 1. The Morgan fingerprint density at radius 1 is 1.47 bits per heavy atom. The van der Waals surface area contributed by atoms with Crippen LogP contribution in [0.5, 0.6) is 0 Å². The first-order valence-corrected chi connectivity index (χ1v) is 7.04. The van der Waals surface area contributed by atoms with Crippen molar-refractivity contribution in [2.45, 2.75) is 11.7 Å². The van der Waals surface area contributed by atoms with Gasteiger partial charge < -0.3 is 5.32 Å². The minimum atomic E-state index is -0.304. The molecule has 1 amide bonds. The van der Waals surface area contributed by atoms with E-state index in [-0.39, 0.29) is 16.6 Å². The van der Waals surface area contributed by atoms with E-state index in [2.05, 4.69) is 20.3 Å². The van der Waals surface area contributed by atoms with Crippen molar-refractivity contribution in [3.05, 3.63) is 47.0 Å². The topological polar surface area (TPSA) is 67.8 Å². The molecule has 2 heterocycles. The molecule has 2 rings (SSSR count). The third-order valence-corrected chi connectivity index (χ3v) is 3.17. The second-order valence-corrected chi connectivity index (χ2v) is 4.74. The molecule has 0 saturated heterocycles. The summed E-state index contributed by atoms with van der Waals surface area (Å²) in [5.74, 6) is -0.304. The van der Waals surface area contributed by atoms with Crippen LogP contribution in [-0.2, 0) is 6.54 Å². The third kappa shape index (κ3) is 3.65. The molecule has 0 aliphatic carbocycles. The van der Waals surface area contributed by atoms with Gasteiger partial charge in [0, 0.05) is 25.1 Å². The molecule has 19 heavy (non-hydrogen) atoms. The van der Waals surface area contributed by atoms with Crippen LogP contribution < -0.4 is 5.32 Å². The first-order valence-electron chi connectivity index (χ1n) is 5.44. The van der Waals surface area contributed by atoms with Crippen LogP contribution in [0.15, 0.2) is 35.9 Å². The second-order valence-electron chi connectivity index (χ2n) is 3.61. The molecule has 0 aliphatic rings. The van der Waals surface area contributed by atoms with Crippen LogP contribution in [0, 0.1) is 0 Å². The number of halogens is 1. The van der Waals surface area contributed by atoms with Crippen LogP contribution in [0.4, 0.5) is 0 Å². The van der Waals surface area contributed by atoms with Crippen LogP contribution in [0.25, 0.3) is 0 Å². The molecule has 2 aromatic heterocycles. The highest BCUT2D eigenvalue weighted by Gasteiger charge is 2.12. The van der Waals surface area contributed by atoms with Gasteiger partial charge in [0.1, 0.15) is 5.15 Å². The van der Waals surface area contributed by atoms with E-state index in [9.17, 15) is 4.79 Å². The fourth-order valence-electron chi connectivity index (χ4n) is 1.38. The predicted octanol–water partition coefficient (Wildman–Crippen LogP) is 2.18. The molecule has 2 aromatic rings. The molecule has 0 spiro atoms. The maximum atomic E-state index is 11.9. The highest BCUT2D eigenvalue weighted by atomic mass is 35.5. The lowest BCUT2D eigenvalue weighted by Gasteiger charge is -2.06. The average molecular weight is 295 g/mol. The average Bonchev–Trinajstić information content (AvgIpc) is 2.45. The van der Waals surface area contributed by atoms with Crippen LogP contribution in [-0.4, -0.2) is 27.1 Å². The van der Waals surface area contributed by atoms with E-state index in [0.29, 0.717) is 11.7 Å². The van der Waals surface area contributed by atoms with E-state index in [1.165, 1.54) is 18.0 Å². The van der Waals surface area contributed by atoms with Gasteiger partial charge in [0.05, 0.1) is 5.56 Å². The summed E-state index contributed by atoms with van der Waals surface area (Å²) in [4.78, 5) is 23.9. The number of pyridine rings is 1. The largest absolute Gasteiger partial charge is 0.348 e. The quantitative estimate of drug-likeness (QED) is 0.532. The van der Waals surface area contributed by atoms with E-state index < -0.39 is 0 Å². The van der Waals surface area contributed by atoms with Crippen molar-refractivity contribution >= 4 is 29.3 Å². The summed E-state index contributed by atoms with van der Waals surface area (Å²) >= 11 is 7.31. The summed E-state index contributed by atoms with van der Waals surface area (Å²) < 4.78 is 0. The van der Waals surface area contributed by atoms with Crippen molar-refractivity contribution < 1.29 is 4.79 Å². The number of hydrogen-bond acceptors (Lipinski definition) is 5. The first kappa shape index (κ1) is 13.8. The molecule has 0 radical (unpaired) electrons. The summed E-state index contributed by atoms with van der Waals surface area (Å²) in [7, 11) is 0. The molecule has 0 aromatic carbocycles. The molecule has 0 fully saturated rings. The molecule has 0 aliphatic heterocycles. The fraction of sp³-hybridized carbons (Fsp3) is 0.167. The zero-order valence-corrected chi connectivity index (χ0v) is 11.7. The van der Waals surface area contributed by atoms with Crippen molar-refractivity contribution in [1.82, 2.24) is 20.3 Å². The van der Waals surface area contributed by atoms with Crippen molar-refractivity contribution in [2.24, 2.45) is 0 Å². The molecule has 5 nitrogen and oxygen atoms in total. The normalized spacial score (nSPS) is 10.2. The van der Waals surface area contributed by atoms with Crippen molar-refractivity contribution in [1.29, 1.82) is 0 Å². The number of hydrogen-bond donors (Lipinski definition) is 1. The summed E-state index contributed by atoms with van der Waals surface area (Å²) in [5, 5.41) is 3.43. The van der Waals surface area contributed by atoms with Gasteiger partial charge in [-0.3, -0.25) is 9.78 Å². The van der Waals surface area contributed by atoms with Gasteiger partial charge in [-0.15, -0.1) is 0 Å². The van der Waals surface area contributed by atoms with E-state index in [0.717, 1.165) is 5.56 Å². The second kappa shape index (κ2) is 6.49. The molecule has 0 saturated carbocycles. The third-order valence-electron chi connectivity index (χ3n) is 2.32. The number of thioether (sulfide) groups is 1. The Morgan fingerprint density at radius 2 is 2.32 bits per heavy atom. The molecule has 0 unspecified atom stereocenters. The number of carbonyl (C=O) groups excluding carboxylic acids is 1. The number of amides is 1. The Kier molecular flexibility index (Phi) is 4.70. The standard InChI is InChI=1S/C12H11ClN4OS/c1-19-12-16-7-9(10(13)17-12)11(18)15-6-8-3-2-4-14-5-8/h2-5,7H,6H2,1H3,(H,15,18). The molecular formula is C12H11ClN4OS. The van der Waals surface area contributed by atoms with Crippen LogP contribution in [0.3, 0.4) is 0 Å². The zero-order valence-electron chi connectivity index (χ0n) is 10.1. The minimum absolute atomic E-state index is 0.156. The van der Waals surface area contributed by atoms with E-state index in [4.69, 9.17) is 11.6 Å². The van der Waals surface area contributed by atoms with Gasteiger partial charge in [-0.05, 0) is 17.9 Å². The van der Waals surface area contributed by atoms with Crippen molar-refractivity contribution in [3.63, 3.8) is 0 Å². The van der Waals surface area contributed by atoms with Gasteiger partial charge in [-0.25, -0.2) is 9.97 Å². The Labute approximate surface area is 119 Å². The fourth-order valence-corrected chi connectivity index (χ4v) is 1.98. The summed E-state index contributed by atoms with van der Waals surface area (Å²) in [6, 6.07) is 3.69. The van der Waals surface area contributed by atoms with E-state index in [1.54, 1.807) is 12.4 Å². The smallest absolute Gasteiger partial charge is 0.256 e. The van der Waals surface area contributed by atoms with Gasteiger partial charge in [-0.1, -0.05) is 29.4 Å². The predicted molar refractivity (Wildman–Crippen MR) is 74.2 cm³/mol.